The topological polar surface area (TPSA) is 44.1 Å². The molecule has 1 aromatic carbocycles. The van der Waals surface area contributed by atoms with Gasteiger partial charge in [-0.05, 0) is 36.8 Å². The number of rotatable bonds is 4. The first-order valence-corrected chi connectivity index (χ1v) is 6.36. The van der Waals surface area contributed by atoms with Crippen molar-refractivity contribution < 1.29 is 4.74 Å². The third kappa shape index (κ3) is 3.43. The number of nitrogens with zero attached hydrogens (tertiary/aromatic N) is 2. The molecule has 0 N–H and O–H groups in total. The lowest BCUT2D eigenvalue weighted by Gasteiger charge is -2.07. The predicted octanol–water partition coefficient (Wildman–Crippen LogP) is 2.39. The molecule has 0 aliphatic heterocycles. The van der Waals surface area contributed by atoms with Crippen molar-refractivity contribution in [3.8, 4) is 5.75 Å². The van der Waals surface area contributed by atoms with Crippen molar-refractivity contribution in [1.82, 2.24) is 9.78 Å². The van der Waals surface area contributed by atoms with Crippen molar-refractivity contribution in [3.05, 3.63) is 56.9 Å². The van der Waals surface area contributed by atoms with Gasteiger partial charge in [-0.1, -0.05) is 15.9 Å². The van der Waals surface area contributed by atoms with Gasteiger partial charge in [-0.25, -0.2) is 4.68 Å². The molecule has 0 spiro atoms. The van der Waals surface area contributed by atoms with E-state index >= 15 is 0 Å². The Bertz CT molecular complexity index is 578. The van der Waals surface area contributed by atoms with Crippen LogP contribution in [0.25, 0.3) is 0 Å². The highest BCUT2D eigenvalue weighted by molar-refractivity contribution is 9.10. The number of halogens is 1. The van der Waals surface area contributed by atoms with Crippen molar-refractivity contribution in [2.24, 2.45) is 0 Å². The Labute approximate surface area is 113 Å². The van der Waals surface area contributed by atoms with Crippen molar-refractivity contribution >= 4 is 15.9 Å². The third-order valence-electron chi connectivity index (χ3n) is 2.39. The number of aromatic nitrogens is 2. The molecule has 18 heavy (non-hydrogen) atoms. The van der Waals surface area contributed by atoms with E-state index < -0.39 is 0 Å². The van der Waals surface area contributed by atoms with Crippen molar-refractivity contribution in [3.63, 3.8) is 0 Å². The Morgan fingerprint density at radius 3 is 2.72 bits per heavy atom. The molecule has 0 saturated carbocycles. The highest BCUT2D eigenvalue weighted by atomic mass is 79.9. The van der Waals surface area contributed by atoms with Crippen LogP contribution < -0.4 is 10.3 Å². The second-order valence-electron chi connectivity index (χ2n) is 3.90. The fourth-order valence-electron chi connectivity index (χ4n) is 1.47. The highest BCUT2D eigenvalue weighted by Crippen LogP contribution is 2.15. The summed E-state index contributed by atoms with van der Waals surface area (Å²) < 4.78 is 7.93. The van der Waals surface area contributed by atoms with Crippen LogP contribution in [0.1, 0.15) is 5.56 Å². The lowest BCUT2D eigenvalue weighted by atomic mass is 10.3. The number of aryl methyl sites for hydroxylation is 1. The van der Waals surface area contributed by atoms with Gasteiger partial charge in [0.25, 0.3) is 5.56 Å². The minimum atomic E-state index is -0.102. The summed E-state index contributed by atoms with van der Waals surface area (Å²) >= 11 is 3.36. The lowest BCUT2D eigenvalue weighted by molar-refractivity contribution is 0.287. The van der Waals surface area contributed by atoms with Crippen molar-refractivity contribution in [2.45, 2.75) is 13.5 Å². The monoisotopic (exact) mass is 308 g/mol. The summed E-state index contributed by atoms with van der Waals surface area (Å²) in [5.74, 6) is 0.776. The first-order valence-electron chi connectivity index (χ1n) is 5.57. The van der Waals surface area contributed by atoms with Gasteiger partial charge in [-0.2, -0.15) is 5.10 Å². The number of ether oxygens (including phenoxy) is 1. The average molecular weight is 309 g/mol. The fraction of sp³-hybridized carbons (Fsp3) is 0.231. The van der Waals surface area contributed by atoms with E-state index in [4.69, 9.17) is 4.74 Å². The number of benzene rings is 1. The smallest absolute Gasteiger partial charge is 0.267 e. The zero-order chi connectivity index (χ0) is 13.0. The SMILES string of the molecule is Cc1cnn(CCOc2ccc(Br)cc2)c(=O)c1. The molecule has 1 aromatic heterocycles. The summed E-state index contributed by atoms with van der Waals surface area (Å²) in [4.78, 5) is 11.6. The molecule has 1 heterocycles. The minimum Gasteiger partial charge on any atom is -0.492 e. The van der Waals surface area contributed by atoms with Gasteiger partial charge >= 0.3 is 0 Å². The van der Waals surface area contributed by atoms with E-state index in [0.717, 1.165) is 15.8 Å². The molecule has 0 aliphatic carbocycles. The zero-order valence-electron chi connectivity index (χ0n) is 9.97. The fourth-order valence-corrected chi connectivity index (χ4v) is 1.74. The normalized spacial score (nSPS) is 10.3. The molecule has 5 heteroatoms. The number of hydrogen-bond acceptors (Lipinski definition) is 3. The van der Waals surface area contributed by atoms with Gasteiger partial charge in [0.2, 0.25) is 0 Å². The van der Waals surface area contributed by atoms with E-state index in [1.807, 2.05) is 31.2 Å². The zero-order valence-corrected chi connectivity index (χ0v) is 11.6. The molecule has 94 valence electrons. The highest BCUT2D eigenvalue weighted by Gasteiger charge is 1.98. The maximum Gasteiger partial charge on any atom is 0.267 e. The molecule has 4 nitrogen and oxygen atoms in total. The van der Waals surface area contributed by atoms with E-state index in [2.05, 4.69) is 21.0 Å². The van der Waals surface area contributed by atoms with Crippen LogP contribution in [0.2, 0.25) is 0 Å². The summed E-state index contributed by atoms with van der Waals surface area (Å²) in [6.45, 7) is 2.70. The largest absolute Gasteiger partial charge is 0.492 e. The Hall–Kier alpha value is -1.62. The maximum atomic E-state index is 11.6. The summed E-state index contributed by atoms with van der Waals surface area (Å²) in [5.41, 5.74) is 0.763. The number of hydrogen-bond donors (Lipinski definition) is 0. The first kappa shape index (κ1) is 12.8. The van der Waals surface area contributed by atoms with Gasteiger partial charge in [-0.3, -0.25) is 4.79 Å². The lowest BCUT2D eigenvalue weighted by Crippen LogP contribution is -2.25. The van der Waals surface area contributed by atoms with Crippen LogP contribution in [0.4, 0.5) is 0 Å². The van der Waals surface area contributed by atoms with Gasteiger partial charge in [0, 0.05) is 10.5 Å². The van der Waals surface area contributed by atoms with Gasteiger partial charge in [-0.15, -0.1) is 0 Å². The summed E-state index contributed by atoms with van der Waals surface area (Å²) in [6.07, 6.45) is 1.67. The Morgan fingerprint density at radius 1 is 1.33 bits per heavy atom. The molecule has 2 rings (SSSR count). The van der Waals surface area contributed by atoms with Crippen molar-refractivity contribution in [2.75, 3.05) is 6.61 Å². The summed E-state index contributed by atoms with van der Waals surface area (Å²) in [6, 6.07) is 9.12. The van der Waals surface area contributed by atoms with Crippen LogP contribution in [-0.2, 0) is 6.54 Å². The van der Waals surface area contributed by atoms with E-state index in [-0.39, 0.29) is 5.56 Å². The van der Waals surface area contributed by atoms with Crippen LogP contribution >= 0.6 is 15.9 Å². The van der Waals surface area contributed by atoms with Crippen LogP contribution in [0.15, 0.2) is 45.8 Å². The van der Waals surface area contributed by atoms with E-state index in [0.29, 0.717) is 13.2 Å². The van der Waals surface area contributed by atoms with E-state index in [9.17, 15) is 4.79 Å². The first-order chi connectivity index (χ1) is 8.65. The molecule has 0 aliphatic rings. The van der Waals surface area contributed by atoms with Gasteiger partial charge in [0.05, 0.1) is 12.7 Å². The summed E-state index contributed by atoms with van der Waals surface area (Å²) in [7, 11) is 0. The summed E-state index contributed by atoms with van der Waals surface area (Å²) in [5, 5.41) is 4.04. The van der Waals surface area contributed by atoms with Crippen LogP contribution in [0.3, 0.4) is 0 Å². The minimum absolute atomic E-state index is 0.102. The van der Waals surface area contributed by atoms with Crippen LogP contribution in [0.5, 0.6) is 5.75 Å². The maximum absolute atomic E-state index is 11.6. The molecule has 0 radical (unpaired) electrons. The molecule has 0 amide bonds. The molecular formula is C13H13BrN2O2. The molecule has 0 fully saturated rings. The Kier molecular flexibility index (Phi) is 4.15. The molecule has 0 saturated heterocycles. The van der Waals surface area contributed by atoms with Gasteiger partial charge in [0.1, 0.15) is 12.4 Å². The molecule has 0 atom stereocenters. The quantitative estimate of drug-likeness (QED) is 0.871. The molecular weight excluding hydrogens is 296 g/mol. The average Bonchev–Trinajstić information content (AvgIpc) is 2.34. The molecule has 2 aromatic rings. The third-order valence-corrected chi connectivity index (χ3v) is 2.92. The van der Waals surface area contributed by atoms with Crippen LogP contribution in [-0.4, -0.2) is 16.4 Å². The Morgan fingerprint density at radius 2 is 2.06 bits per heavy atom. The Balaban J connectivity index is 1.92. The molecule has 0 bridgehead atoms. The predicted molar refractivity (Wildman–Crippen MR) is 72.9 cm³/mol. The van der Waals surface area contributed by atoms with E-state index in [1.165, 1.54) is 4.68 Å². The van der Waals surface area contributed by atoms with Crippen LogP contribution in [0, 0.1) is 6.92 Å². The second kappa shape index (κ2) is 5.82. The van der Waals surface area contributed by atoms with E-state index in [1.54, 1.807) is 12.3 Å². The van der Waals surface area contributed by atoms with Gasteiger partial charge in [0.15, 0.2) is 0 Å². The standard InChI is InChI=1S/C13H13BrN2O2/c1-10-8-13(17)16(15-9-10)6-7-18-12-4-2-11(14)3-5-12/h2-5,8-9H,6-7H2,1H3. The molecule has 0 unspecified atom stereocenters. The van der Waals surface area contributed by atoms with Crippen molar-refractivity contribution in [1.29, 1.82) is 0 Å². The second-order valence-corrected chi connectivity index (χ2v) is 4.81. The van der Waals surface area contributed by atoms with Gasteiger partial charge < -0.3 is 4.74 Å².